The molecule has 0 aliphatic carbocycles. The smallest absolute Gasteiger partial charge is 0.328 e. The Morgan fingerprint density at radius 3 is 2.08 bits per heavy atom. The molecule has 1 N–H and O–H groups in total. The van der Waals surface area contributed by atoms with Crippen LogP contribution in [0.2, 0.25) is 0 Å². The largest absolute Gasteiger partial charge is 0.445 e. The van der Waals surface area contributed by atoms with Gasteiger partial charge in [-0.3, -0.25) is 0 Å². The average Bonchev–Trinajstić information content (AvgIpc) is 1.85. The second kappa shape index (κ2) is 3.16. The fourth-order valence-electron chi connectivity index (χ4n) is 0.389. The van der Waals surface area contributed by atoms with Gasteiger partial charge in [0.1, 0.15) is 5.54 Å². The Balaban J connectivity index is 4.33. The van der Waals surface area contributed by atoms with Crippen molar-refractivity contribution in [1.82, 2.24) is 5.73 Å². The quantitative estimate of drug-likeness (QED) is 0.456. The van der Waals surface area contributed by atoms with E-state index in [0.717, 1.165) is 0 Å². The Hall–Kier alpha value is -1.01. The summed E-state index contributed by atoms with van der Waals surface area (Å²) in [5.41, 5.74) is 5.19. The van der Waals surface area contributed by atoms with Crippen molar-refractivity contribution in [2.24, 2.45) is 0 Å². The van der Waals surface area contributed by atoms with Crippen molar-refractivity contribution in [1.29, 1.82) is 0 Å². The van der Waals surface area contributed by atoms with E-state index in [9.17, 15) is 4.79 Å². The van der Waals surface area contributed by atoms with Gasteiger partial charge in [-0.2, -0.15) is 0 Å². The topological polar surface area (TPSA) is 50.1 Å². The van der Waals surface area contributed by atoms with Crippen LogP contribution in [-0.2, 0) is 9.53 Å². The molecule has 0 amide bonds. The van der Waals surface area contributed by atoms with E-state index in [1.807, 2.05) is 0 Å². The first-order valence-electron chi connectivity index (χ1n) is 3.65. The van der Waals surface area contributed by atoms with Gasteiger partial charge < -0.3 is 4.74 Å². The summed E-state index contributed by atoms with van der Waals surface area (Å²) in [5, 5.41) is 0. The number of carbonyl (C=O) groups is 1. The lowest BCUT2D eigenvalue weighted by Gasteiger charge is -2.23. The molecule has 0 aromatic heterocycles. The molecule has 67 valence electrons. The van der Waals surface area contributed by atoms with Crippen molar-refractivity contribution < 1.29 is 9.53 Å². The monoisotopic (exact) mass is 168 g/mol. The summed E-state index contributed by atoms with van der Waals surface area (Å²) in [6.45, 7) is 6.14. The summed E-state index contributed by atoms with van der Waals surface area (Å²) in [6, 6.07) is 0. The van der Waals surface area contributed by atoms with E-state index in [4.69, 9.17) is 16.9 Å². The number of carbonyl (C=O) groups excluding carboxylic acids is 1. The van der Waals surface area contributed by atoms with Gasteiger partial charge in [0, 0.05) is 0 Å². The van der Waals surface area contributed by atoms with Crippen molar-refractivity contribution in [2.45, 2.75) is 38.8 Å². The molecule has 0 aliphatic heterocycles. The van der Waals surface area contributed by atoms with Crippen molar-refractivity contribution in [3.8, 4) is 12.3 Å². The molecule has 0 aliphatic rings. The number of terminal acetylenes is 1. The van der Waals surface area contributed by atoms with Crippen molar-refractivity contribution in [3.05, 3.63) is 0 Å². The number of hydrogen-bond acceptors (Lipinski definition) is 2. The molecule has 0 aromatic rings. The van der Waals surface area contributed by atoms with Gasteiger partial charge in [-0.15, -0.1) is 6.42 Å². The number of ether oxygens (including phenoxy) is 1. The molecule has 12 heavy (non-hydrogen) atoms. The Labute approximate surface area is 73.3 Å². The first kappa shape index (κ1) is 11.0. The summed E-state index contributed by atoms with van der Waals surface area (Å²) in [4.78, 5) is 11.1. The third-order valence-electron chi connectivity index (χ3n) is 1.21. The van der Waals surface area contributed by atoms with Gasteiger partial charge in [0.15, 0.2) is 5.60 Å². The van der Waals surface area contributed by atoms with Gasteiger partial charge in [0.2, 0.25) is 0 Å². The minimum atomic E-state index is -1.24. The first-order valence-corrected chi connectivity index (χ1v) is 3.65. The summed E-state index contributed by atoms with van der Waals surface area (Å²) in [5.74, 6) is 1.71. The average molecular weight is 168 g/mol. The maximum atomic E-state index is 11.1. The van der Waals surface area contributed by atoms with Crippen LogP contribution in [0.5, 0.6) is 0 Å². The summed E-state index contributed by atoms with van der Waals surface area (Å²) in [6.07, 6.45) is 5.11. The molecule has 0 bridgehead atoms. The van der Waals surface area contributed by atoms with E-state index in [2.05, 4.69) is 5.92 Å². The van der Waals surface area contributed by atoms with Gasteiger partial charge in [-0.1, -0.05) is 5.92 Å². The van der Waals surface area contributed by atoms with E-state index in [-0.39, 0.29) is 0 Å². The molecule has 0 saturated carbocycles. The molecule has 0 heterocycles. The predicted molar refractivity (Wildman–Crippen MR) is 46.2 cm³/mol. The third-order valence-corrected chi connectivity index (χ3v) is 1.21. The number of rotatable bonds is 2. The van der Waals surface area contributed by atoms with Crippen molar-refractivity contribution in [2.75, 3.05) is 0 Å². The van der Waals surface area contributed by atoms with Crippen LogP contribution in [0.1, 0.15) is 27.7 Å². The molecular weight excluding hydrogens is 154 g/mol. The van der Waals surface area contributed by atoms with Crippen LogP contribution in [0.25, 0.3) is 0 Å². The molecule has 0 atom stereocenters. The zero-order valence-electron chi connectivity index (χ0n) is 7.89. The van der Waals surface area contributed by atoms with Gasteiger partial charge in [0.05, 0.1) is 0 Å². The molecule has 3 nitrogen and oxygen atoms in total. The van der Waals surface area contributed by atoms with Crippen LogP contribution in [0.4, 0.5) is 0 Å². The lowest BCUT2D eigenvalue weighted by Crippen LogP contribution is -2.40. The maximum absolute atomic E-state index is 11.1. The van der Waals surface area contributed by atoms with Crippen LogP contribution >= 0.6 is 0 Å². The van der Waals surface area contributed by atoms with Crippen LogP contribution in [0.3, 0.4) is 0 Å². The second-order valence-electron chi connectivity index (χ2n) is 3.67. The molecular formula is C9H14NO2. The fraction of sp³-hybridized carbons (Fsp3) is 0.667. The van der Waals surface area contributed by atoms with Crippen LogP contribution in [0.15, 0.2) is 0 Å². The normalized spacial score (nSPS) is 12.0. The summed E-state index contributed by atoms with van der Waals surface area (Å²) in [7, 11) is 0. The SMILES string of the molecule is C#CC(C)(C)OC(=O)C(C)(C)[NH]. The van der Waals surface area contributed by atoms with E-state index in [0.29, 0.717) is 0 Å². The van der Waals surface area contributed by atoms with Gasteiger partial charge in [-0.05, 0) is 27.7 Å². The first-order chi connectivity index (χ1) is 5.19. The van der Waals surface area contributed by atoms with Crippen molar-refractivity contribution in [3.63, 3.8) is 0 Å². The number of hydrogen-bond donors (Lipinski definition) is 0. The summed E-state index contributed by atoms with van der Waals surface area (Å²) >= 11 is 0. The lowest BCUT2D eigenvalue weighted by molar-refractivity contribution is -0.157. The van der Waals surface area contributed by atoms with Crippen molar-refractivity contribution >= 4 is 5.97 Å². The molecule has 0 rings (SSSR count). The molecule has 3 heteroatoms. The Morgan fingerprint density at radius 2 is 1.83 bits per heavy atom. The van der Waals surface area contributed by atoms with Crippen LogP contribution in [0, 0.1) is 12.3 Å². The molecule has 0 saturated heterocycles. The minimum absolute atomic E-state index is 0.606. The van der Waals surface area contributed by atoms with E-state index in [1.165, 1.54) is 13.8 Å². The zero-order chi connectivity index (χ0) is 9.99. The highest BCUT2D eigenvalue weighted by molar-refractivity contribution is 5.79. The zero-order valence-corrected chi connectivity index (χ0v) is 7.89. The maximum Gasteiger partial charge on any atom is 0.328 e. The second-order valence-corrected chi connectivity index (χ2v) is 3.67. The van der Waals surface area contributed by atoms with E-state index in [1.54, 1.807) is 13.8 Å². The van der Waals surface area contributed by atoms with Gasteiger partial charge >= 0.3 is 5.97 Å². The molecule has 0 fully saturated rings. The molecule has 0 aromatic carbocycles. The molecule has 0 spiro atoms. The molecule has 0 unspecified atom stereocenters. The predicted octanol–water partition coefficient (Wildman–Crippen LogP) is 1.00. The standard InChI is InChI=1S/C9H14NO2/c1-6-8(2,3)12-7(11)9(4,5)10/h1,10H,2-5H3. The van der Waals surface area contributed by atoms with Crippen LogP contribution < -0.4 is 5.73 Å². The Morgan fingerprint density at radius 1 is 1.42 bits per heavy atom. The van der Waals surface area contributed by atoms with E-state index < -0.39 is 17.1 Å². The lowest BCUT2D eigenvalue weighted by atomic mass is 10.1. The number of nitrogens with one attached hydrogen (secondary N) is 1. The minimum Gasteiger partial charge on any atom is -0.445 e. The van der Waals surface area contributed by atoms with Crippen LogP contribution in [-0.4, -0.2) is 17.1 Å². The Kier molecular flexibility index (Phi) is 2.89. The third kappa shape index (κ3) is 3.40. The van der Waals surface area contributed by atoms with Gasteiger partial charge in [0.25, 0.3) is 0 Å². The van der Waals surface area contributed by atoms with E-state index >= 15 is 0 Å². The highest BCUT2D eigenvalue weighted by Crippen LogP contribution is 2.12. The fourth-order valence-corrected chi connectivity index (χ4v) is 0.389. The highest BCUT2D eigenvalue weighted by atomic mass is 16.6. The Bertz CT molecular complexity index is 218. The molecule has 1 radical (unpaired) electrons. The highest BCUT2D eigenvalue weighted by Gasteiger charge is 2.30. The number of esters is 1. The summed E-state index contributed by atoms with van der Waals surface area (Å²) < 4.78 is 4.89. The van der Waals surface area contributed by atoms with Gasteiger partial charge in [-0.25, -0.2) is 10.5 Å².